The highest BCUT2D eigenvalue weighted by Crippen LogP contribution is 2.20. The molecule has 0 saturated heterocycles. The van der Waals surface area contributed by atoms with Gasteiger partial charge in [0.2, 0.25) is 0 Å². The molecule has 0 aromatic heterocycles. The van der Waals surface area contributed by atoms with Crippen molar-refractivity contribution < 1.29 is 19.1 Å². The Labute approximate surface area is 153 Å². The van der Waals surface area contributed by atoms with Gasteiger partial charge in [0, 0.05) is 11.3 Å². The van der Waals surface area contributed by atoms with Gasteiger partial charge in [0.1, 0.15) is 12.4 Å². The van der Waals surface area contributed by atoms with Gasteiger partial charge in [-0.1, -0.05) is 12.6 Å². The van der Waals surface area contributed by atoms with Crippen LogP contribution in [0.3, 0.4) is 0 Å². The zero-order chi connectivity index (χ0) is 19.1. The summed E-state index contributed by atoms with van der Waals surface area (Å²) in [6.45, 7) is 9.96. The molecule has 5 nitrogen and oxygen atoms in total. The van der Waals surface area contributed by atoms with Gasteiger partial charge in [0.05, 0.1) is 12.2 Å². The molecule has 0 saturated carbocycles. The third kappa shape index (κ3) is 5.21. The third-order valence-electron chi connectivity index (χ3n) is 3.57. The molecule has 0 bridgehead atoms. The predicted molar refractivity (Wildman–Crippen MR) is 102 cm³/mol. The number of anilines is 1. The number of hydrogen-bond donors (Lipinski definition) is 1. The highest BCUT2D eigenvalue weighted by atomic mass is 16.5. The van der Waals surface area contributed by atoms with Gasteiger partial charge in [0.25, 0.3) is 5.91 Å². The summed E-state index contributed by atoms with van der Waals surface area (Å²) in [5, 5.41) is 2.85. The van der Waals surface area contributed by atoms with E-state index in [0.717, 1.165) is 11.1 Å². The van der Waals surface area contributed by atoms with Crippen molar-refractivity contribution in [3.8, 4) is 5.75 Å². The van der Waals surface area contributed by atoms with Crippen molar-refractivity contribution in [2.75, 3.05) is 18.5 Å². The van der Waals surface area contributed by atoms with Crippen molar-refractivity contribution in [3.63, 3.8) is 0 Å². The van der Waals surface area contributed by atoms with Gasteiger partial charge >= 0.3 is 5.97 Å². The molecular formula is C21H23NO4. The summed E-state index contributed by atoms with van der Waals surface area (Å²) in [6.07, 6.45) is 0. The molecule has 0 unspecified atom stereocenters. The van der Waals surface area contributed by atoms with Crippen molar-refractivity contribution >= 4 is 17.6 Å². The van der Waals surface area contributed by atoms with Crippen LogP contribution in [0, 0.1) is 6.92 Å². The molecule has 0 aliphatic heterocycles. The molecule has 1 N–H and O–H groups in total. The Morgan fingerprint density at radius 3 is 2.54 bits per heavy atom. The Hall–Kier alpha value is -3.08. The molecule has 0 aliphatic rings. The number of carbonyl (C=O) groups excluding carboxylic acids is 2. The number of rotatable bonds is 7. The fourth-order valence-corrected chi connectivity index (χ4v) is 2.27. The molecule has 2 aromatic rings. The summed E-state index contributed by atoms with van der Waals surface area (Å²) in [5.74, 6) is -0.0244. The first kappa shape index (κ1) is 19.2. The number of nitrogens with one attached hydrogen (secondary N) is 1. The zero-order valence-corrected chi connectivity index (χ0v) is 15.3. The number of esters is 1. The van der Waals surface area contributed by atoms with Crippen molar-refractivity contribution in [1.29, 1.82) is 0 Å². The quantitative estimate of drug-likeness (QED) is 0.593. The van der Waals surface area contributed by atoms with Gasteiger partial charge in [-0.2, -0.15) is 0 Å². The van der Waals surface area contributed by atoms with Crippen molar-refractivity contribution in [3.05, 3.63) is 71.3 Å². The molecular weight excluding hydrogens is 330 g/mol. The normalized spacial score (nSPS) is 10.1. The first-order valence-electron chi connectivity index (χ1n) is 8.37. The van der Waals surface area contributed by atoms with E-state index in [1.807, 2.05) is 13.8 Å². The summed E-state index contributed by atoms with van der Waals surface area (Å²) in [6, 6.07) is 12.0. The van der Waals surface area contributed by atoms with Crippen molar-refractivity contribution in [2.45, 2.75) is 20.8 Å². The summed E-state index contributed by atoms with van der Waals surface area (Å²) >= 11 is 0. The predicted octanol–water partition coefficient (Wildman–Crippen LogP) is 4.38. The number of carbonyl (C=O) groups is 2. The lowest BCUT2D eigenvalue weighted by molar-refractivity contribution is 0.0526. The van der Waals surface area contributed by atoms with Gasteiger partial charge in [-0.05, 0) is 68.3 Å². The number of hydrogen-bond acceptors (Lipinski definition) is 4. The van der Waals surface area contributed by atoms with E-state index in [0.29, 0.717) is 35.8 Å². The highest BCUT2D eigenvalue weighted by molar-refractivity contribution is 6.05. The van der Waals surface area contributed by atoms with E-state index in [4.69, 9.17) is 9.47 Å². The minimum Gasteiger partial charge on any atom is -0.489 e. The fraction of sp³-hybridized carbons (Fsp3) is 0.238. The van der Waals surface area contributed by atoms with Crippen LogP contribution < -0.4 is 10.1 Å². The van der Waals surface area contributed by atoms with E-state index in [9.17, 15) is 9.59 Å². The monoisotopic (exact) mass is 353 g/mol. The number of ether oxygens (including phenoxy) is 2. The molecule has 26 heavy (non-hydrogen) atoms. The lowest BCUT2D eigenvalue weighted by Crippen LogP contribution is -2.13. The smallest absolute Gasteiger partial charge is 0.338 e. The highest BCUT2D eigenvalue weighted by Gasteiger charge is 2.12. The molecule has 2 rings (SSSR count). The molecule has 2 aromatic carbocycles. The van der Waals surface area contributed by atoms with Gasteiger partial charge < -0.3 is 14.8 Å². The summed E-state index contributed by atoms with van der Waals surface area (Å²) in [5.41, 5.74) is 3.25. The Morgan fingerprint density at radius 2 is 1.88 bits per heavy atom. The second-order valence-corrected chi connectivity index (χ2v) is 5.98. The van der Waals surface area contributed by atoms with Gasteiger partial charge in [0.15, 0.2) is 0 Å². The van der Waals surface area contributed by atoms with Crippen LogP contribution in [0.2, 0.25) is 0 Å². The average molecular weight is 353 g/mol. The van der Waals surface area contributed by atoms with Gasteiger partial charge in [-0.3, -0.25) is 4.79 Å². The Balaban J connectivity index is 2.11. The minimum absolute atomic E-state index is 0.252. The standard InChI is InChI=1S/C21H23NO4/c1-5-25-21(24)17-9-10-19(15(4)11-17)22-20(23)16-7-6-8-18(12-16)26-13-14(2)3/h6-12H,2,5,13H2,1,3-4H3,(H,22,23). The van der Waals surface area contributed by atoms with Gasteiger partial charge in [-0.15, -0.1) is 0 Å². The maximum absolute atomic E-state index is 12.5. The van der Waals surface area contributed by atoms with E-state index in [-0.39, 0.29) is 11.9 Å². The summed E-state index contributed by atoms with van der Waals surface area (Å²) in [7, 11) is 0. The lowest BCUT2D eigenvalue weighted by Gasteiger charge is -2.11. The molecule has 1 amide bonds. The van der Waals surface area contributed by atoms with E-state index < -0.39 is 0 Å². The number of aryl methyl sites for hydroxylation is 1. The molecule has 0 aliphatic carbocycles. The number of amides is 1. The van der Waals surface area contributed by atoms with Crippen molar-refractivity contribution in [1.82, 2.24) is 0 Å². The molecule has 0 spiro atoms. The van der Waals surface area contributed by atoms with E-state index >= 15 is 0 Å². The Bertz CT molecular complexity index is 827. The number of benzene rings is 2. The topological polar surface area (TPSA) is 64.6 Å². The molecule has 5 heteroatoms. The van der Waals surface area contributed by atoms with Crippen LogP contribution in [-0.4, -0.2) is 25.1 Å². The molecule has 0 radical (unpaired) electrons. The second kappa shape index (κ2) is 8.85. The van der Waals surface area contributed by atoms with Crippen LogP contribution in [0.15, 0.2) is 54.6 Å². The minimum atomic E-state index is -0.379. The third-order valence-corrected chi connectivity index (χ3v) is 3.57. The molecule has 136 valence electrons. The first-order valence-corrected chi connectivity index (χ1v) is 8.37. The van der Waals surface area contributed by atoms with E-state index in [1.165, 1.54) is 0 Å². The van der Waals surface area contributed by atoms with E-state index in [2.05, 4.69) is 11.9 Å². The Morgan fingerprint density at radius 1 is 1.12 bits per heavy atom. The van der Waals surface area contributed by atoms with Crippen LogP contribution >= 0.6 is 0 Å². The largest absolute Gasteiger partial charge is 0.489 e. The summed E-state index contributed by atoms with van der Waals surface area (Å²) < 4.78 is 10.5. The average Bonchev–Trinajstić information content (AvgIpc) is 2.62. The van der Waals surface area contributed by atoms with Crippen LogP contribution in [0.5, 0.6) is 5.75 Å². The van der Waals surface area contributed by atoms with Crippen LogP contribution in [0.4, 0.5) is 5.69 Å². The summed E-state index contributed by atoms with van der Waals surface area (Å²) in [4.78, 5) is 24.3. The fourth-order valence-electron chi connectivity index (χ4n) is 2.27. The molecule has 0 fully saturated rings. The SMILES string of the molecule is C=C(C)COc1cccc(C(=O)Nc2ccc(C(=O)OCC)cc2C)c1. The maximum atomic E-state index is 12.5. The van der Waals surface area contributed by atoms with Crippen LogP contribution in [-0.2, 0) is 4.74 Å². The lowest BCUT2D eigenvalue weighted by atomic mass is 10.1. The van der Waals surface area contributed by atoms with Crippen LogP contribution in [0.1, 0.15) is 40.1 Å². The second-order valence-electron chi connectivity index (χ2n) is 5.98. The molecule has 0 heterocycles. The van der Waals surface area contributed by atoms with E-state index in [1.54, 1.807) is 49.4 Å². The first-order chi connectivity index (χ1) is 12.4. The van der Waals surface area contributed by atoms with Crippen molar-refractivity contribution in [2.24, 2.45) is 0 Å². The maximum Gasteiger partial charge on any atom is 0.338 e. The zero-order valence-electron chi connectivity index (χ0n) is 15.3. The molecule has 0 atom stereocenters. The Kier molecular flexibility index (Phi) is 6.55. The van der Waals surface area contributed by atoms with Crippen LogP contribution in [0.25, 0.3) is 0 Å². The van der Waals surface area contributed by atoms with Gasteiger partial charge in [-0.25, -0.2) is 4.79 Å².